The Balaban J connectivity index is 1.51. The number of hydrogen-bond donors (Lipinski definition) is 3. The summed E-state index contributed by atoms with van der Waals surface area (Å²) in [4.78, 5) is 28.8. The summed E-state index contributed by atoms with van der Waals surface area (Å²) in [5.74, 6) is 0. The molecular weight excluding hydrogens is 456 g/mol. The van der Waals surface area contributed by atoms with Crippen LogP contribution in [0.25, 0.3) is 0 Å². The number of aliphatic hydroxyl groups is 1. The van der Waals surface area contributed by atoms with Crippen LogP contribution < -0.4 is 11.2 Å². The maximum Gasteiger partial charge on any atom is 0.325 e. The molecule has 0 spiro atoms. The van der Waals surface area contributed by atoms with Gasteiger partial charge in [0.15, 0.2) is 0 Å². The van der Waals surface area contributed by atoms with E-state index in [-0.39, 0.29) is 13.0 Å². The number of ether oxygens (including phenoxy) is 2. The van der Waals surface area contributed by atoms with E-state index in [4.69, 9.17) is 9.47 Å². The number of aliphatic hydroxyl groups excluding tert-OH is 1. The molecule has 0 radical (unpaired) electrons. The van der Waals surface area contributed by atoms with Crippen LogP contribution in [0.5, 0.6) is 0 Å². The molecule has 36 heavy (non-hydrogen) atoms. The molecule has 184 valence electrons. The number of H-pyrrole nitrogens is 2. The van der Waals surface area contributed by atoms with Crippen molar-refractivity contribution < 1.29 is 14.6 Å². The minimum atomic E-state index is -0.945. The molecule has 1 fully saturated rings. The monoisotopic (exact) mass is 484 g/mol. The molecule has 0 bridgehead atoms. The van der Waals surface area contributed by atoms with Gasteiger partial charge in [-0.05, 0) is 23.6 Å². The van der Waals surface area contributed by atoms with Crippen LogP contribution in [0.3, 0.4) is 0 Å². The minimum Gasteiger partial charge on any atom is -0.390 e. The topological polar surface area (TPSA) is 104 Å². The second-order valence-corrected chi connectivity index (χ2v) is 9.00. The molecule has 0 unspecified atom stereocenters. The Hall–Kier alpha value is -3.78. The van der Waals surface area contributed by atoms with Crippen molar-refractivity contribution in [3.8, 4) is 0 Å². The van der Waals surface area contributed by atoms with Gasteiger partial charge in [0.05, 0.1) is 18.4 Å². The van der Waals surface area contributed by atoms with Crippen molar-refractivity contribution in [2.45, 2.75) is 37.3 Å². The van der Waals surface area contributed by atoms with E-state index in [0.717, 1.165) is 16.7 Å². The van der Waals surface area contributed by atoms with E-state index in [0.29, 0.717) is 11.3 Å². The van der Waals surface area contributed by atoms with E-state index >= 15 is 0 Å². The molecule has 1 aliphatic rings. The van der Waals surface area contributed by atoms with Gasteiger partial charge in [0, 0.05) is 12.0 Å². The average Bonchev–Trinajstić information content (AvgIpc) is 3.28. The Morgan fingerprint density at radius 3 is 1.86 bits per heavy atom. The van der Waals surface area contributed by atoms with Crippen LogP contribution in [-0.4, -0.2) is 33.9 Å². The van der Waals surface area contributed by atoms with Gasteiger partial charge in [-0.2, -0.15) is 0 Å². The molecule has 7 heteroatoms. The first-order valence-electron chi connectivity index (χ1n) is 12.0. The molecule has 2 heterocycles. The lowest BCUT2D eigenvalue weighted by Gasteiger charge is -2.37. The molecular formula is C29H28N2O5. The zero-order valence-electron chi connectivity index (χ0n) is 19.9. The summed E-state index contributed by atoms with van der Waals surface area (Å²) < 4.78 is 12.9. The normalized spacial score (nSPS) is 19.9. The largest absolute Gasteiger partial charge is 0.390 e. The lowest BCUT2D eigenvalue weighted by molar-refractivity contribution is -0.0833. The summed E-state index contributed by atoms with van der Waals surface area (Å²) in [6.45, 7) is 1.71. The van der Waals surface area contributed by atoms with Crippen LogP contribution >= 0.6 is 0 Å². The van der Waals surface area contributed by atoms with Crippen molar-refractivity contribution in [1.29, 1.82) is 0 Å². The van der Waals surface area contributed by atoms with Crippen molar-refractivity contribution >= 4 is 0 Å². The van der Waals surface area contributed by atoms with Gasteiger partial charge in [0.1, 0.15) is 17.8 Å². The first-order valence-corrected chi connectivity index (χ1v) is 12.0. The third-order valence-electron chi connectivity index (χ3n) is 6.77. The molecule has 3 aromatic carbocycles. The number of rotatable bonds is 7. The van der Waals surface area contributed by atoms with Crippen LogP contribution in [0.2, 0.25) is 0 Å². The van der Waals surface area contributed by atoms with Crippen molar-refractivity contribution in [2.75, 3.05) is 6.61 Å². The van der Waals surface area contributed by atoms with Gasteiger partial charge in [-0.25, -0.2) is 4.79 Å². The Morgan fingerprint density at radius 2 is 1.36 bits per heavy atom. The SMILES string of the molecule is Cc1c([C@H]2C[C@H](O)[C@H](COC(c3ccccc3)(c3ccccc3)c3ccccc3)O2)[nH]c(=O)[nH]c1=O. The Labute approximate surface area is 208 Å². The predicted octanol–water partition coefficient (Wildman–Crippen LogP) is 3.57. The van der Waals surface area contributed by atoms with Crippen LogP contribution in [0.15, 0.2) is 101 Å². The fraction of sp³-hybridized carbons (Fsp3) is 0.241. The molecule has 1 saturated heterocycles. The third-order valence-corrected chi connectivity index (χ3v) is 6.77. The molecule has 1 aliphatic heterocycles. The number of hydrogen-bond acceptors (Lipinski definition) is 5. The molecule has 5 rings (SSSR count). The average molecular weight is 485 g/mol. The van der Waals surface area contributed by atoms with Gasteiger partial charge in [-0.1, -0.05) is 91.0 Å². The summed E-state index contributed by atoms with van der Waals surface area (Å²) in [6.07, 6.45) is -1.88. The van der Waals surface area contributed by atoms with Crippen molar-refractivity contribution in [1.82, 2.24) is 9.97 Å². The van der Waals surface area contributed by atoms with E-state index in [2.05, 4.69) is 9.97 Å². The maximum absolute atomic E-state index is 12.1. The summed E-state index contributed by atoms with van der Waals surface area (Å²) in [7, 11) is 0. The van der Waals surface area contributed by atoms with Crippen LogP contribution in [0.4, 0.5) is 0 Å². The van der Waals surface area contributed by atoms with E-state index in [1.165, 1.54) is 0 Å². The van der Waals surface area contributed by atoms with E-state index in [1.54, 1.807) is 6.92 Å². The molecule has 0 amide bonds. The van der Waals surface area contributed by atoms with Crippen molar-refractivity contribution in [3.63, 3.8) is 0 Å². The Morgan fingerprint density at radius 1 is 0.861 bits per heavy atom. The molecule has 0 saturated carbocycles. The van der Waals surface area contributed by atoms with E-state index < -0.39 is 35.2 Å². The highest BCUT2D eigenvalue weighted by Gasteiger charge is 2.42. The smallest absolute Gasteiger partial charge is 0.325 e. The predicted molar refractivity (Wildman–Crippen MR) is 136 cm³/mol. The number of nitrogens with one attached hydrogen (secondary N) is 2. The Kier molecular flexibility index (Phi) is 6.69. The zero-order chi connectivity index (χ0) is 25.1. The fourth-order valence-electron chi connectivity index (χ4n) is 4.93. The molecule has 3 atom stereocenters. The molecule has 4 aromatic rings. The summed E-state index contributed by atoms with van der Waals surface area (Å²) in [6, 6.07) is 29.9. The quantitative estimate of drug-likeness (QED) is 0.348. The summed E-state index contributed by atoms with van der Waals surface area (Å²) in [5.41, 5.74) is 1.56. The maximum atomic E-state index is 12.1. The molecule has 1 aromatic heterocycles. The fourth-order valence-corrected chi connectivity index (χ4v) is 4.93. The zero-order valence-corrected chi connectivity index (χ0v) is 19.9. The second kappa shape index (κ2) is 10.1. The van der Waals surface area contributed by atoms with Gasteiger partial charge in [0.2, 0.25) is 0 Å². The highest BCUT2D eigenvalue weighted by Crippen LogP contribution is 2.42. The van der Waals surface area contributed by atoms with E-state index in [9.17, 15) is 14.7 Å². The van der Waals surface area contributed by atoms with Crippen molar-refractivity contribution in [2.24, 2.45) is 0 Å². The van der Waals surface area contributed by atoms with Gasteiger partial charge in [-0.3, -0.25) is 9.78 Å². The number of aromatic nitrogens is 2. The summed E-state index contributed by atoms with van der Waals surface area (Å²) >= 11 is 0. The summed E-state index contributed by atoms with van der Waals surface area (Å²) in [5, 5.41) is 10.9. The number of benzene rings is 3. The lowest BCUT2D eigenvalue weighted by atomic mass is 9.80. The molecule has 3 N–H and O–H groups in total. The van der Waals surface area contributed by atoms with Gasteiger partial charge in [-0.15, -0.1) is 0 Å². The highest BCUT2D eigenvalue weighted by atomic mass is 16.6. The van der Waals surface area contributed by atoms with Crippen LogP contribution in [0, 0.1) is 6.92 Å². The van der Waals surface area contributed by atoms with E-state index in [1.807, 2.05) is 91.0 Å². The first kappa shape index (κ1) is 23.9. The second-order valence-electron chi connectivity index (χ2n) is 9.00. The molecule has 7 nitrogen and oxygen atoms in total. The standard InChI is InChI=1S/C29H28N2O5/c1-19-26(30-28(34)31-27(19)33)24-17-23(32)25(36-24)18-35-29(20-11-5-2-6-12-20,21-13-7-3-8-14-21)22-15-9-4-10-16-22/h2-16,23-25,32H,17-18H2,1H3,(H2,30,31,33,34)/t23-,24+,25-/m0/s1. The molecule has 0 aliphatic carbocycles. The van der Waals surface area contributed by atoms with Crippen LogP contribution in [-0.2, 0) is 15.1 Å². The highest BCUT2D eigenvalue weighted by molar-refractivity contribution is 5.47. The van der Waals surface area contributed by atoms with Crippen LogP contribution in [0.1, 0.15) is 40.5 Å². The van der Waals surface area contributed by atoms with Gasteiger partial charge >= 0.3 is 5.69 Å². The van der Waals surface area contributed by atoms with Crippen molar-refractivity contribution in [3.05, 3.63) is 140 Å². The van der Waals surface area contributed by atoms with Gasteiger partial charge in [0.25, 0.3) is 5.56 Å². The third kappa shape index (κ3) is 4.44. The Bertz CT molecular complexity index is 1320. The minimum absolute atomic E-state index is 0.0861. The van der Waals surface area contributed by atoms with Gasteiger partial charge < -0.3 is 19.6 Å². The number of aromatic amines is 2. The lowest BCUT2D eigenvalue weighted by Crippen LogP contribution is -2.38. The first-order chi connectivity index (χ1) is 17.5.